The molecule has 0 aliphatic carbocycles. The maximum Gasteiger partial charge on any atom is 0.307 e. The smallest absolute Gasteiger partial charge is 0.307 e. The molecule has 0 aromatic heterocycles. The summed E-state index contributed by atoms with van der Waals surface area (Å²) in [5.74, 6) is -0.0117. The number of nitrogens with two attached hydrogens (primary N) is 1. The quantitative estimate of drug-likeness (QED) is 0.401. The van der Waals surface area contributed by atoms with Crippen LogP contribution >= 0.6 is 11.8 Å². The fourth-order valence-electron chi connectivity index (χ4n) is 1.49. The topological polar surface area (TPSA) is 98.5 Å². The maximum atomic E-state index is 11.7. The molecule has 6 nitrogen and oxygen atoms in total. The average Bonchev–Trinajstić information content (AvgIpc) is 2.38. The molecule has 0 aliphatic heterocycles. The summed E-state index contributed by atoms with van der Waals surface area (Å²) < 4.78 is 30.5. The predicted octanol–water partition coefficient (Wildman–Crippen LogP) is 1.23. The van der Waals surface area contributed by atoms with Gasteiger partial charge in [-0.05, 0) is 25.1 Å². The van der Waals surface area contributed by atoms with E-state index in [0.29, 0.717) is 18.0 Å². The minimum atomic E-state index is -3.38. The van der Waals surface area contributed by atoms with Crippen LogP contribution in [0.4, 0.5) is 5.69 Å². The largest absolute Gasteiger partial charge is 0.466 e. The summed E-state index contributed by atoms with van der Waals surface area (Å²) in [6.07, 6.45) is 0.0371. The number of thioether (sulfide) groups is 1. The Morgan fingerprint density at radius 3 is 2.86 bits per heavy atom. The Balaban J connectivity index is 2.28. The number of nitrogens with one attached hydrogen (secondary N) is 1. The summed E-state index contributed by atoms with van der Waals surface area (Å²) in [4.78, 5) is 12.0. The molecular formula is C13H20N2O4S2. The van der Waals surface area contributed by atoms with Gasteiger partial charge >= 0.3 is 5.97 Å². The Labute approximate surface area is 129 Å². The molecule has 21 heavy (non-hydrogen) atoms. The fourth-order valence-corrected chi connectivity index (χ4v) is 3.89. The molecule has 0 unspecified atom stereocenters. The van der Waals surface area contributed by atoms with Gasteiger partial charge in [-0.15, -0.1) is 11.8 Å². The number of carbonyl (C=O) groups is 1. The highest BCUT2D eigenvalue weighted by atomic mass is 32.2. The molecule has 0 amide bonds. The summed E-state index contributed by atoms with van der Waals surface area (Å²) >= 11 is 1.42. The Morgan fingerprint density at radius 2 is 2.19 bits per heavy atom. The molecule has 1 aromatic carbocycles. The minimum absolute atomic E-state index is 0.0186. The lowest BCUT2D eigenvalue weighted by Gasteiger charge is -2.07. The van der Waals surface area contributed by atoms with Crippen LogP contribution in [0.3, 0.4) is 0 Å². The zero-order valence-electron chi connectivity index (χ0n) is 11.9. The molecule has 0 saturated carbocycles. The molecule has 0 heterocycles. The first-order valence-corrected chi connectivity index (χ1v) is 9.18. The lowest BCUT2D eigenvalue weighted by Crippen LogP contribution is -2.29. The van der Waals surface area contributed by atoms with Gasteiger partial charge in [0.25, 0.3) is 0 Å². The van der Waals surface area contributed by atoms with Crippen LogP contribution in [0.2, 0.25) is 0 Å². The fraction of sp³-hybridized carbons (Fsp3) is 0.462. The number of anilines is 1. The Hall–Kier alpha value is -1.25. The number of nitrogen functional groups attached to an aromatic ring is 1. The maximum absolute atomic E-state index is 11.7. The van der Waals surface area contributed by atoms with Crippen molar-refractivity contribution in [2.24, 2.45) is 0 Å². The highest BCUT2D eigenvalue weighted by molar-refractivity contribution is 8.00. The molecule has 0 bridgehead atoms. The number of ether oxygens (including phenoxy) is 1. The number of rotatable bonds is 9. The van der Waals surface area contributed by atoms with Gasteiger partial charge in [-0.1, -0.05) is 6.07 Å². The van der Waals surface area contributed by atoms with E-state index in [2.05, 4.69) is 4.72 Å². The normalized spacial score (nSPS) is 11.3. The summed E-state index contributed by atoms with van der Waals surface area (Å²) in [7, 11) is -3.38. The van der Waals surface area contributed by atoms with Gasteiger partial charge in [-0.3, -0.25) is 4.79 Å². The van der Waals surface area contributed by atoms with E-state index in [0.717, 1.165) is 4.90 Å². The van der Waals surface area contributed by atoms with Gasteiger partial charge in [-0.2, -0.15) is 0 Å². The number of carbonyl (C=O) groups excluding carboxylic acids is 1. The molecule has 0 fully saturated rings. The molecule has 0 saturated heterocycles. The Kier molecular flexibility index (Phi) is 7.55. The molecule has 1 rings (SSSR count). The third kappa shape index (κ3) is 7.93. The van der Waals surface area contributed by atoms with E-state index in [9.17, 15) is 13.2 Å². The van der Waals surface area contributed by atoms with Crippen LogP contribution in [-0.2, 0) is 19.6 Å². The van der Waals surface area contributed by atoms with Crippen LogP contribution in [0.15, 0.2) is 29.2 Å². The van der Waals surface area contributed by atoms with Crippen molar-refractivity contribution >= 4 is 33.4 Å². The standard InChI is InChI=1S/C13H20N2O4S2/c1-2-19-13(16)6-7-15-21(17,18)9-8-20-12-5-3-4-11(14)10-12/h3-5,10,15H,2,6-9,14H2,1H3. The van der Waals surface area contributed by atoms with E-state index < -0.39 is 16.0 Å². The van der Waals surface area contributed by atoms with Gasteiger partial charge in [0.05, 0.1) is 18.8 Å². The number of hydrogen-bond donors (Lipinski definition) is 2. The van der Waals surface area contributed by atoms with Crippen molar-refractivity contribution < 1.29 is 17.9 Å². The highest BCUT2D eigenvalue weighted by Gasteiger charge is 2.11. The molecule has 0 spiro atoms. The first-order chi connectivity index (χ1) is 9.93. The van der Waals surface area contributed by atoms with Crippen LogP contribution in [0.1, 0.15) is 13.3 Å². The number of sulfonamides is 1. The van der Waals surface area contributed by atoms with E-state index in [-0.39, 0.29) is 18.7 Å². The molecule has 0 aliphatic rings. The summed E-state index contributed by atoms with van der Waals surface area (Å²) in [6, 6.07) is 7.27. The SMILES string of the molecule is CCOC(=O)CCNS(=O)(=O)CCSc1cccc(N)c1. The first-order valence-electron chi connectivity index (χ1n) is 6.54. The van der Waals surface area contributed by atoms with Crippen molar-refractivity contribution in [2.45, 2.75) is 18.2 Å². The van der Waals surface area contributed by atoms with Crippen LogP contribution in [-0.4, -0.2) is 39.0 Å². The van der Waals surface area contributed by atoms with Gasteiger partial charge in [0.1, 0.15) is 0 Å². The molecule has 118 valence electrons. The summed E-state index contributed by atoms with van der Waals surface area (Å²) in [5.41, 5.74) is 6.30. The number of benzene rings is 1. The second-order valence-electron chi connectivity index (χ2n) is 4.19. The second-order valence-corrected chi connectivity index (χ2v) is 7.28. The van der Waals surface area contributed by atoms with E-state index in [1.165, 1.54) is 11.8 Å². The van der Waals surface area contributed by atoms with Gasteiger partial charge in [-0.25, -0.2) is 13.1 Å². The average molecular weight is 332 g/mol. The molecule has 8 heteroatoms. The van der Waals surface area contributed by atoms with Gasteiger partial charge in [0.15, 0.2) is 0 Å². The van der Waals surface area contributed by atoms with E-state index in [1.54, 1.807) is 19.1 Å². The number of esters is 1. The first kappa shape index (κ1) is 17.8. The predicted molar refractivity (Wildman–Crippen MR) is 84.6 cm³/mol. The highest BCUT2D eigenvalue weighted by Crippen LogP contribution is 2.20. The van der Waals surface area contributed by atoms with E-state index >= 15 is 0 Å². The van der Waals surface area contributed by atoms with Crippen LogP contribution in [0, 0.1) is 0 Å². The van der Waals surface area contributed by atoms with Crippen molar-refractivity contribution in [1.29, 1.82) is 0 Å². The summed E-state index contributed by atoms with van der Waals surface area (Å²) in [5, 5.41) is 0. The molecule has 0 atom stereocenters. The molecular weight excluding hydrogens is 312 g/mol. The van der Waals surface area contributed by atoms with Crippen molar-refractivity contribution in [1.82, 2.24) is 4.72 Å². The zero-order chi connectivity index (χ0) is 15.7. The monoisotopic (exact) mass is 332 g/mol. The van der Waals surface area contributed by atoms with Gasteiger partial charge < -0.3 is 10.5 Å². The van der Waals surface area contributed by atoms with Crippen LogP contribution < -0.4 is 10.5 Å². The van der Waals surface area contributed by atoms with Gasteiger partial charge in [0.2, 0.25) is 10.0 Å². The third-order valence-corrected chi connectivity index (χ3v) is 5.07. The van der Waals surface area contributed by atoms with E-state index in [4.69, 9.17) is 10.5 Å². The summed E-state index contributed by atoms with van der Waals surface area (Å²) in [6.45, 7) is 2.06. The lowest BCUT2D eigenvalue weighted by molar-refractivity contribution is -0.142. The number of hydrogen-bond acceptors (Lipinski definition) is 6. The third-order valence-electron chi connectivity index (χ3n) is 2.44. The van der Waals surface area contributed by atoms with Crippen molar-refractivity contribution in [2.75, 3.05) is 30.4 Å². The van der Waals surface area contributed by atoms with Crippen LogP contribution in [0.25, 0.3) is 0 Å². The second kappa shape index (κ2) is 8.91. The lowest BCUT2D eigenvalue weighted by atomic mass is 10.3. The van der Waals surface area contributed by atoms with Gasteiger partial charge in [0, 0.05) is 22.9 Å². The van der Waals surface area contributed by atoms with Crippen molar-refractivity contribution in [3.05, 3.63) is 24.3 Å². The van der Waals surface area contributed by atoms with Crippen molar-refractivity contribution in [3.63, 3.8) is 0 Å². The minimum Gasteiger partial charge on any atom is -0.466 e. The van der Waals surface area contributed by atoms with Crippen LogP contribution in [0.5, 0.6) is 0 Å². The zero-order valence-corrected chi connectivity index (χ0v) is 13.5. The Bertz CT molecular complexity index is 561. The Morgan fingerprint density at radius 1 is 1.43 bits per heavy atom. The molecule has 0 radical (unpaired) electrons. The molecule has 1 aromatic rings. The van der Waals surface area contributed by atoms with Crippen molar-refractivity contribution in [3.8, 4) is 0 Å². The van der Waals surface area contributed by atoms with E-state index in [1.807, 2.05) is 12.1 Å². The molecule has 3 N–H and O–H groups in total.